The van der Waals surface area contributed by atoms with Crippen molar-refractivity contribution in [3.63, 3.8) is 0 Å². The molecule has 0 aliphatic rings. The van der Waals surface area contributed by atoms with Crippen LogP contribution in [0.5, 0.6) is 0 Å². The van der Waals surface area contributed by atoms with Crippen LogP contribution in [0.25, 0.3) is 10.8 Å². The van der Waals surface area contributed by atoms with Gasteiger partial charge >= 0.3 is 0 Å². The fraction of sp³-hybridized carbons (Fsp3) is 0.235. The van der Waals surface area contributed by atoms with E-state index in [9.17, 15) is 0 Å². The van der Waals surface area contributed by atoms with Crippen LogP contribution in [0.3, 0.4) is 0 Å². The molecule has 0 spiro atoms. The lowest BCUT2D eigenvalue weighted by Crippen LogP contribution is -2.18. The van der Waals surface area contributed by atoms with Crippen LogP contribution in [0.15, 0.2) is 47.1 Å². The van der Waals surface area contributed by atoms with Crippen LogP contribution in [-0.4, -0.2) is 12.0 Å². The van der Waals surface area contributed by atoms with E-state index in [2.05, 4.69) is 40.6 Å². The molecule has 0 aliphatic heterocycles. The van der Waals surface area contributed by atoms with Gasteiger partial charge in [-0.25, -0.2) is 0 Å². The molecule has 1 unspecified atom stereocenters. The molecule has 20 heavy (non-hydrogen) atoms. The normalized spacial score (nSPS) is 12.8. The number of fused-ring (bicyclic) bond motifs is 1. The third kappa shape index (κ3) is 2.10. The molecule has 3 heteroatoms. The number of nitrogens with zero attached hydrogens (tertiary/aromatic N) is 1. The monoisotopic (exact) mass is 266 g/mol. The maximum absolute atomic E-state index is 5.68. The van der Waals surface area contributed by atoms with Crippen LogP contribution in [0.4, 0.5) is 0 Å². The molecule has 3 rings (SSSR count). The number of nitrogens with one attached hydrogen (secondary N) is 1. The predicted molar refractivity (Wildman–Crippen MR) is 80.8 cm³/mol. The largest absolute Gasteiger partial charge is 0.466 e. The maximum Gasteiger partial charge on any atom is 0.106 e. The lowest BCUT2D eigenvalue weighted by atomic mass is 9.94. The summed E-state index contributed by atoms with van der Waals surface area (Å²) in [7, 11) is 1.98. The first-order chi connectivity index (χ1) is 9.70. The zero-order valence-electron chi connectivity index (χ0n) is 12.0. The van der Waals surface area contributed by atoms with E-state index in [0.29, 0.717) is 0 Å². The molecule has 0 radical (unpaired) electrons. The Hall–Kier alpha value is -2.13. The lowest BCUT2D eigenvalue weighted by molar-refractivity contribution is 0.497. The van der Waals surface area contributed by atoms with Crippen molar-refractivity contribution in [2.45, 2.75) is 19.9 Å². The van der Waals surface area contributed by atoms with E-state index in [1.165, 1.54) is 16.5 Å². The minimum Gasteiger partial charge on any atom is -0.466 e. The SMILES string of the molecule is CNC(c1cc(C)oc1C)c1cccc2cnccc12. The van der Waals surface area contributed by atoms with Gasteiger partial charge in [0.25, 0.3) is 0 Å². The van der Waals surface area contributed by atoms with E-state index in [-0.39, 0.29) is 6.04 Å². The molecule has 1 atom stereocenters. The molecule has 2 heterocycles. The van der Waals surface area contributed by atoms with Crippen molar-refractivity contribution in [3.8, 4) is 0 Å². The predicted octanol–water partition coefficient (Wildman–Crippen LogP) is 3.75. The summed E-state index contributed by atoms with van der Waals surface area (Å²) >= 11 is 0. The molecule has 2 aromatic heterocycles. The van der Waals surface area contributed by atoms with E-state index in [4.69, 9.17) is 4.42 Å². The van der Waals surface area contributed by atoms with Gasteiger partial charge in [0, 0.05) is 23.3 Å². The zero-order valence-corrected chi connectivity index (χ0v) is 12.0. The molecule has 0 aliphatic carbocycles. The van der Waals surface area contributed by atoms with Gasteiger partial charge in [0.2, 0.25) is 0 Å². The van der Waals surface area contributed by atoms with Crippen LogP contribution in [0.1, 0.15) is 28.7 Å². The number of hydrogen-bond donors (Lipinski definition) is 1. The van der Waals surface area contributed by atoms with Crippen molar-refractivity contribution in [2.24, 2.45) is 0 Å². The summed E-state index contributed by atoms with van der Waals surface area (Å²) in [4.78, 5) is 4.19. The smallest absolute Gasteiger partial charge is 0.106 e. The van der Waals surface area contributed by atoms with Gasteiger partial charge in [0.1, 0.15) is 11.5 Å². The third-order valence-electron chi connectivity index (χ3n) is 3.70. The first kappa shape index (κ1) is 12.9. The Morgan fingerprint density at radius 3 is 2.70 bits per heavy atom. The topological polar surface area (TPSA) is 38.1 Å². The minimum atomic E-state index is 0.124. The summed E-state index contributed by atoms with van der Waals surface area (Å²) in [5, 5.41) is 5.78. The van der Waals surface area contributed by atoms with Crippen LogP contribution >= 0.6 is 0 Å². The second-order valence-electron chi connectivity index (χ2n) is 5.03. The summed E-state index contributed by atoms with van der Waals surface area (Å²) in [6, 6.07) is 10.6. The Bertz CT molecular complexity index is 740. The Labute approximate surface area is 118 Å². The molecular weight excluding hydrogens is 248 g/mol. The van der Waals surface area contributed by atoms with Crippen LogP contribution in [-0.2, 0) is 0 Å². The van der Waals surface area contributed by atoms with Crippen LogP contribution < -0.4 is 5.32 Å². The molecular formula is C17H18N2O. The van der Waals surface area contributed by atoms with Gasteiger partial charge in [-0.2, -0.15) is 0 Å². The number of furan rings is 1. The van der Waals surface area contributed by atoms with Crippen molar-refractivity contribution in [1.82, 2.24) is 10.3 Å². The molecule has 1 N–H and O–H groups in total. The molecule has 3 nitrogen and oxygen atoms in total. The van der Waals surface area contributed by atoms with Gasteiger partial charge in [-0.05, 0) is 44.0 Å². The van der Waals surface area contributed by atoms with Crippen molar-refractivity contribution in [1.29, 1.82) is 0 Å². The molecule has 102 valence electrons. The van der Waals surface area contributed by atoms with Crippen LogP contribution in [0.2, 0.25) is 0 Å². The van der Waals surface area contributed by atoms with Crippen LogP contribution in [0, 0.1) is 13.8 Å². The Morgan fingerprint density at radius 2 is 2.00 bits per heavy atom. The Morgan fingerprint density at radius 1 is 1.15 bits per heavy atom. The van der Waals surface area contributed by atoms with E-state index in [1.54, 1.807) is 0 Å². The summed E-state index contributed by atoms with van der Waals surface area (Å²) in [5.41, 5.74) is 2.44. The number of benzene rings is 1. The van der Waals surface area contributed by atoms with Crippen molar-refractivity contribution < 1.29 is 4.42 Å². The van der Waals surface area contributed by atoms with Gasteiger partial charge in [-0.15, -0.1) is 0 Å². The molecule has 0 saturated heterocycles. The fourth-order valence-corrected chi connectivity index (χ4v) is 2.81. The first-order valence-electron chi connectivity index (χ1n) is 6.77. The van der Waals surface area contributed by atoms with Gasteiger partial charge in [0.15, 0.2) is 0 Å². The average molecular weight is 266 g/mol. The zero-order chi connectivity index (χ0) is 14.1. The van der Waals surface area contributed by atoms with Gasteiger partial charge in [-0.1, -0.05) is 18.2 Å². The standard InChI is InChI=1S/C17H18N2O/c1-11-9-16(12(2)20-11)17(18-3)15-6-4-5-13-10-19-8-7-14(13)15/h4-10,17-18H,1-3H3. The summed E-state index contributed by atoms with van der Waals surface area (Å²) in [6.45, 7) is 4.00. The lowest BCUT2D eigenvalue weighted by Gasteiger charge is -2.18. The van der Waals surface area contributed by atoms with Gasteiger partial charge in [-0.3, -0.25) is 4.98 Å². The number of aryl methyl sites for hydroxylation is 2. The summed E-state index contributed by atoms with van der Waals surface area (Å²) in [6.07, 6.45) is 3.74. The van der Waals surface area contributed by atoms with Crippen molar-refractivity contribution in [3.05, 3.63) is 65.4 Å². The highest BCUT2D eigenvalue weighted by Crippen LogP contribution is 2.31. The van der Waals surface area contributed by atoms with Gasteiger partial charge in [0.05, 0.1) is 6.04 Å². The van der Waals surface area contributed by atoms with E-state index in [1.807, 2.05) is 33.3 Å². The average Bonchev–Trinajstić information content (AvgIpc) is 2.79. The van der Waals surface area contributed by atoms with E-state index >= 15 is 0 Å². The van der Waals surface area contributed by atoms with E-state index < -0.39 is 0 Å². The summed E-state index contributed by atoms with van der Waals surface area (Å²) in [5.74, 6) is 1.91. The molecule has 3 aromatic rings. The Balaban J connectivity index is 2.19. The van der Waals surface area contributed by atoms with Crippen molar-refractivity contribution in [2.75, 3.05) is 7.05 Å². The minimum absolute atomic E-state index is 0.124. The number of rotatable bonds is 3. The highest BCUT2D eigenvalue weighted by molar-refractivity contribution is 5.85. The van der Waals surface area contributed by atoms with Crippen molar-refractivity contribution >= 4 is 10.8 Å². The maximum atomic E-state index is 5.68. The highest BCUT2D eigenvalue weighted by atomic mass is 16.3. The number of pyridine rings is 1. The molecule has 0 amide bonds. The van der Waals surface area contributed by atoms with E-state index in [0.717, 1.165) is 16.9 Å². The molecule has 1 aromatic carbocycles. The molecule has 0 bridgehead atoms. The summed E-state index contributed by atoms with van der Waals surface area (Å²) < 4.78 is 5.68. The fourth-order valence-electron chi connectivity index (χ4n) is 2.81. The molecule has 0 fully saturated rings. The second kappa shape index (κ2) is 5.10. The number of aromatic nitrogens is 1. The quantitative estimate of drug-likeness (QED) is 0.784. The molecule has 0 saturated carbocycles. The second-order valence-corrected chi connectivity index (χ2v) is 5.03. The number of hydrogen-bond acceptors (Lipinski definition) is 3. The Kier molecular flexibility index (Phi) is 3.28. The highest BCUT2D eigenvalue weighted by Gasteiger charge is 2.19. The van der Waals surface area contributed by atoms with Gasteiger partial charge < -0.3 is 9.73 Å². The first-order valence-corrected chi connectivity index (χ1v) is 6.77. The third-order valence-corrected chi connectivity index (χ3v) is 3.70.